The number of pyridine rings is 2. The quantitative estimate of drug-likeness (QED) is 0.0260. The molecule has 0 spiro atoms. The number of halogens is 7. The first-order chi connectivity index (χ1) is 58.9. The maximum absolute atomic E-state index is 15.0. The molecule has 30 heteroatoms. The van der Waals surface area contributed by atoms with Crippen molar-refractivity contribution in [3.63, 3.8) is 0 Å². The molecule has 0 atom stereocenters. The number of fused-ring (bicyclic) bond motifs is 4. The Kier molecular flexibility index (Phi) is 29.0. The minimum atomic E-state index is -0.993. The molecule has 22 nitrogen and oxygen atoms in total. The molecule has 1 saturated heterocycles. The van der Waals surface area contributed by atoms with Gasteiger partial charge in [-0.2, -0.15) is 15.3 Å². The van der Waals surface area contributed by atoms with Crippen molar-refractivity contribution in [2.24, 2.45) is 21.1 Å². The molecule has 17 aromatic rings. The summed E-state index contributed by atoms with van der Waals surface area (Å²) in [5.74, 6) is -3.97. The summed E-state index contributed by atoms with van der Waals surface area (Å²) in [6.45, 7) is 9.05. The lowest BCUT2D eigenvalue weighted by Gasteiger charge is -2.32. The second-order valence-corrected chi connectivity index (χ2v) is 31.9. The fraction of sp³-hybridized carbons (Fsp3) is 0.151. The highest BCUT2D eigenvalue weighted by Gasteiger charge is 2.52. The van der Waals surface area contributed by atoms with Crippen molar-refractivity contribution in [3.05, 3.63) is 363 Å². The summed E-state index contributed by atoms with van der Waals surface area (Å²) in [4.78, 5) is 57.2. The van der Waals surface area contributed by atoms with Gasteiger partial charge in [-0.3, -0.25) is 28.8 Å². The highest BCUT2D eigenvalue weighted by atomic mass is 79.9. The molecule has 123 heavy (non-hydrogen) atoms. The number of carboxylic acids is 3. The highest BCUT2D eigenvalue weighted by molar-refractivity contribution is 9.10. The zero-order valence-corrected chi connectivity index (χ0v) is 72.4. The maximum atomic E-state index is 15.0. The standard InChI is InChI=1S/C26H21FN4O.C20H16FN3O2.C16H11BrFNO2.C10H17BN2O2.C9H7NO2.C7H5Br2F.C5H6N2/c1-30-15-21(14-29-30)19-8-9-20(24(27)12-19)16-31-17-23(22-6-2-3-7-25(22)31)26(32)11-18-5-4-10-28-13-18;1-23-10-15(9-22-23)13-6-7-14(18(21)8-13)11-24-12-17(20(25)26)16-4-2-3-5-19(16)24;17-11-6-5-10(14(18)7-11)8-19-9-13(16(20)21)12-3-1-2-4-15(12)19;1-9(2)10(3,4)15-11(14-9)8-6-12-13(5)7-8;11-9(12)7-5-10-8-4-2-1-3-6(7)8;8-4-5-1-2-6(9)3-7(5)10;6-5-2-1-3-7-4-5/h2-10,12-15,17H,11,16H2,1H3;2-10,12H,11H2,1H3,(H,25,26);1-7,9H,8H2,(H,20,21);6-7H,1-5H3;1-5,10H,(H,11,12);1-3H,4H2;1-4H,6H2. The zero-order chi connectivity index (χ0) is 87.8. The first kappa shape index (κ1) is 89.1. The third kappa shape index (κ3) is 22.4. The Morgan fingerprint density at radius 2 is 0.854 bits per heavy atom. The fourth-order valence-corrected chi connectivity index (χ4v) is 14.4. The number of aromatic nitrogens is 12. The number of carbonyl (C=O) groups excluding carboxylic acids is 1. The number of nitrogens with two attached hydrogens (primary N) is 1. The Bertz CT molecular complexity index is 6590. The molecule has 1 fully saturated rings. The van der Waals surface area contributed by atoms with E-state index < -0.39 is 17.9 Å². The van der Waals surface area contributed by atoms with Crippen LogP contribution in [0.2, 0.25) is 0 Å². The number of aromatic amines is 1. The summed E-state index contributed by atoms with van der Waals surface area (Å²) in [6.07, 6.45) is 24.2. The molecule has 9 aromatic heterocycles. The van der Waals surface area contributed by atoms with Crippen LogP contribution in [-0.2, 0) is 61.8 Å². The first-order valence-electron chi connectivity index (χ1n) is 38.3. The smallest absolute Gasteiger partial charge is 0.478 e. The van der Waals surface area contributed by atoms with Gasteiger partial charge in [0.05, 0.1) is 65.6 Å². The molecule has 0 radical (unpaired) electrons. The first-order valence-corrected chi connectivity index (χ1v) is 41.0. The van der Waals surface area contributed by atoms with E-state index in [1.54, 1.807) is 152 Å². The van der Waals surface area contributed by atoms with Gasteiger partial charge in [0.2, 0.25) is 0 Å². The third-order valence-corrected chi connectivity index (χ3v) is 21.9. The van der Waals surface area contributed by atoms with Gasteiger partial charge in [0, 0.05) is 199 Å². The van der Waals surface area contributed by atoms with Crippen LogP contribution in [0.4, 0.5) is 23.2 Å². The molecular formula is C93H83BBr3F4N13O9. The number of aromatic carboxylic acids is 3. The number of anilines is 1. The number of carboxylic acid groups (broad SMARTS) is 3. The van der Waals surface area contributed by atoms with E-state index in [1.165, 1.54) is 30.5 Å². The van der Waals surface area contributed by atoms with E-state index in [9.17, 15) is 47.0 Å². The molecule has 18 rings (SSSR count). The van der Waals surface area contributed by atoms with Crippen LogP contribution in [0.1, 0.15) is 96.9 Å². The van der Waals surface area contributed by atoms with Crippen molar-refractivity contribution < 1.29 is 61.4 Å². The average Bonchev–Trinajstić information content (AvgIpc) is 1.62. The van der Waals surface area contributed by atoms with E-state index >= 15 is 0 Å². The topological polar surface area (TPSA) is 283 Å². The van der Waals surface area contributed by atoms with Crippen LogP contribution in [0.25, 0.3) is 65.9 Å². The average molecular weight is 1850 g/mol. The molecular weight excluding hydrogens is 1770 g/mol. The van der Waals surface area contributed by atoms with E-state index in [0.29, 0.717) is 66.2 Å². The molecule has 6 N–H and O–H groups in total. The van der Waals surface area contributed by atoms with Crippen LogP contribution in [0, 0.1) is 23.3 Å². The second-order valence-electron chi connectivity index (χ2n) is 29.5. The Balaban J connectivity index is 0.000000138. The number of nitrogens with one attached hydrogen (secondary N) is 1. The number of ketones is 1. The molecule has 10 heterocycles. The molecule has 1 aliphatic rings. The van der Waals surface area contributed by atoms with Crippen molar-refractivity contribution in [3.8, 4) is 22.3 Å². The summed E-state index contributed by atoms with van der Waals surface area (Å²) in [7, 11) is 5.22. The Hall–Kier alpha value is -13.1. The van der Waals surface area contributed by atoms with Gasteiger partial charge in [0.15, 0.2) is 5.78 Å². The number of alkyl halides is 1. The number of nitrogens with zero attached hydrogens (tertiary/aromatic N) is 11. The van der Waals surface area contributed by atoms with Crippen molar-refractivity contribution in [1.82, 2.24) is 58.0 Å². The van der Waals surface area contributed by atoms with Gasteiger partial charge in [0.25, 0.3) is 0 Å². The summed E-state index contributed by atoms with van der Waals surface area (Å²) < 4.78 is 80.1. The van der Waals surface area contributed by atoms with E-state index in [-0.39, 0.29) is 78.0 Å². The van der Waals surface area contributed by atoms with E-state index in [0.717, 1.165) is 70.6 Å². The third-order valence-electron chi connectivity index (χ3n) is 20.3. The Morgan fingerprint density at radius 1 is 0.447 bits per heavy atom. The van der Waals surface area contributed by atoms with Gasteiger partial charge in [0.1, 0.15) is 23.3 Å². The summed E-state index contributed by atoms with van der Waals surface area (Å²) in [5.41, 5.74) is 17.5. The lowest BCUT2D eigenvalue weighted by atomic mass is 9.82. The van der Waals surface area contributed by atoms with Gasteiger partial charge in [-0.25, -0.2) is 31.9 Å². The molecule has 0 aliphatic carbocycles. The number of hydrogen-bond donors (Lipinski definition) is 5. The molecule has 0 unspecified atom stereocenters. The zero-order valence-electron chi connectivity index (χ0n) is 67.6. The highest BCUT2D eigenvalue weighted by Crippen LogP contribution is 2.37. The number of carbonyl (C=O) groups is 4. The number of aryl methyl sites for hydroxylation is 3. The number of para-hydroxylation sites is 4. The lowest BCUT2D eigenvalue weighted by Crippen LogP contribution is -2.41. The predicted molar refractivity (Wildman–Crippen MR) is 480 cm³/mol. The predicted octanol–water partition coefficient (Wildman–Crippen LogP) is 20.0. The second kappa shape index (κ2) is 40.0. The van der Waals surface area contributed by atoms with Crippen molar-refractivity contribution in [2.75, 3.05) is 5.73 Å². The summed E-state index contributed by atoms with van der Waals surface area (Å²) in [5, 5.41) is 43.2. The van der Waals surface area contributed by atoms with Crippen LogP contribution in [0.3, 0.4) is 0 Å². The number of rotatable bonds is 16. The van der Waals surface area contributed by atoms with E-state index in [1.807, 2.05) is 175 Å². The van der Waals surface area contributed by atoms with Gasteiger partial charge < -0.3 is 49.0 Å². The SMILES string of the molecule is Cn1cc(-c2ccc(Cn3cc(C(=O)Cc4cccnc4)c4ccccc43)c(F)c2)cn1.Cn1cc(-c2ccc(Cn3cc(C(=O)O)c4ccccc43)c(F)c2)cn1.Cn1cc(B2OC(C)(C)C(C)(C)O2)cn1.Fc1cc(Br)ccc1CBr.Nc1cccnc1.O=C(O)c1c[nH]c2ccccc12.O=C(O)c1cn(Cc2ccc(Br)cc2F)c2ccccc12. The van der Waals surface area contributed by atoms with Crippen LogP contribution in [0.15, 0.2) is 290 Å². The normalized spacial score (nSPS) is 12.3. The number of nitrogen functional groups attached to an aromatic ring is 1. The summed E-state index contributed by atoms with van der Waals surface area (Å²) in [6, 6.07) is 57.0. The van der Waals surface area contributed by atoms with Crippen LogP contribution < -0.4 is 11.2 Å². The van der Waals surface area contributed by atoms with Crippen LogP contribution in [-0.4, -0.2) is 115 Å². The number of H-pyrrole nitrogens is 1. The molecule has 0 bridgehead atoms. The van der Waals surface area contributed by atoms with Crippen molar-refractivity contribution in [2.45, 2.75) is 70.3 Å². The minimum absolute atomic E-state index is 0.0142. The molecule has 1 aliphatic heterocycles. The molecule has 8 aromatic carbocycles. The molecule has 0 saturated carbocycles. The maximum Gasteiger partial charge on any atom is 0.498 e. The monoisotopic (exact) mass is 1850 g/mol. The molecule has 0 amide bonds. The van der Waals surface area contributed by atoms with Gasteiger partial charge in [-0.1, -0.05) is 163 Å². The number of Topliss-reactive ketones (excluding diaryl/α,β-unsaturated/α-hetero) is 1. The van der Waals surface area contributed by atoms with Gasteiger partial charge in [-0.05, 0) is 129 Å². The van der Waals surface area contributed by atoms with E-state index in [4.69, 9.17) is 20.1 Å². The van der Waals surface area contributed by atoms with Gasteiger partial charge >= 0.3 is 25.0 Å². The van der Waals surface area contributed by atoms with E-state index in [2.05, 4.69) is 78.0 Å². The van der Waals surface area contributed by atoms with Crippen molar-refractivity contribution in [1.29, 1.82) is 0 Å². The minimum Gasteiger partial charge on any atom is -0.478 e. The number of benzene rings is 8. The van der Waals surface area contributed by atoms with Gasteiger partial charge in [-0.15, -0.1) is 0 Å². The Labute approximate surface area is 730 Å². The number of hydrogen-bond acceptors (Lipinski definition) is 12. The van der Waals surface area contributed by atoms with Crippen LogP contribution >= 0.6 is 47.8 Å². The van der Waals surface area contributed by atoms with Crippen LogP contribution in [0.5, 0.6) is 0 Å². The largest absolute Gasteiger partial charge is 0.498 e. The fourth-order valence-electron chi connectivity index (χ4n) is 13.3. The van der Waals surface area contributed by atoms with Crippen molar-refractivity contribution >= 4 is 133 Å². The molecule has 626 valence electrons. The summed E-state index contributed by atoms with van der Waals surface area (Å²) >= 11 is 9.57. The Morgan fingerprint density at radius 3 is 1.24 bits per heavy atom. The lowest BCUT2D eigenvalue weighted by molar-refractivity contribution is 0.00578.